The van der Waals surface area contributed by atoms with Gasteiger partial charge in [0.15, 0.2) is 9.84 Å². The maximum absolute atomic E-state index is 12.2. The molecule has 1 aliphatic rings. The zero-order chi connectivity index (χ0) is 16.3. The summed E-state index contributed by atoms with van der Waals surface area (Å²) >= 11 is 0. The van der Waals surface area contributed by atoms with Crippen LogP contribution >= 0.6 is 0 Å². The molecule has 0 unspecified atom stereocenters. The van der Waals surface area contributed by atoms with Crippen molar-refractivity contribution in [2.45, 2.75) is 19.8 Å². The standard InChI is InChI=1S/C14H17F2NO4S/c1-9-2-3-11(6-12(9)21-7-13(15)16)17-14(18)10-4-5-22(19,20)8-10/h2-3,6,10,13H,4-5,7-8H2,1H3,(H,17,18)/t10-/m0/s1. The van der Waals surface area contributed by atoms with Crippen LogP contribution in [0.25, 0.3) is 0 Å². The summed E-state index contributed by atoms with van der Waals surface area (Å²) in [6.45, 7) is 0.981. The Morgan fingerprint density at radius 1 is 1.45 bits per heavy atom. The number of nitrogens with one attached hydrogen (secondary N) is 1. The molecule has 0 bridgehead atoms. The molecule has 0 saturated carbocycles. The average molecular weight is 333 g/mol. The first-order chi connectivity index (χ1) is 10.3. The molecule has 1 aromatic rings. The normalized spacial score (nSPS) is 20.1. The van der Waals surface area contributed by atoms with Crippen LogP contribution in [-0.2, 0) is 14.6 Å². The number of carbonyl (C=O) groups excluding carboxylic acids is 1. The number of anilines is 1. The minimum Gasteiger partial charge on any atom is -0.487 e. The van der Waals surface area contributed by atoms with E-state index in [2.05, 4.69) is 5.32 Å². The third-order valence-electron chi connectivity index (χ3n) is 3.42. The van der Waals surface area contributed by atoms with Gasteiger partial charge in [-0.1, -0.05) is 6.07 Å². The molecular formula is C14H17F2NO4S. The molecule has 1 atom stereocenters. The van der Waals surface area contributed by atoms with Crippen LogP contribution in [0.1, 0.15) is 12.0 Å². The Morgan fingerprint density at radius 2 is 2.18 bits per heavy atom. The van der Waals surface area contributed by atoms with Crippen molar-refractivity contribution in [3.8, 4) is 5.75 Å². The Hall–Kier alpha value is -1.70. The first kappa shape index (κ1) is 16.7. The van der Waals surface area contributed by atoms with Crippen LogP contribution in [0.15, 0.2) is 18.2 Å². The number of alkyl halides is 2. The van der Waals surface area contributed by atoms with Crippen molar-refractivity contribution in [2.24, 2.45) is 5.92 Å². The lowest BCUT2D eigenvalue weighted by atomic mass is 10.1. The van der Waals surface area contributed by atoms with Gasteiger partial charge >= 0.3 is 0 Å². The van der Waals surface area contributed by atoms with Crippen LogP contribution < -0.4 is 10.1 Å². The van der Waals surface area contributed by atoms with E-state index in [1.807, 2.05) is 0 Å². The second-order valence-corrected chi connectivity index (χ2v) is 7.50. The number of hydrogen-bond acceptors (Lipinski definition) is 4. The summed E-state index contributed by atoms with van der Waals surface area (Å²) in [5, 5.41) is 2.61. The zero-order valence-electron chi connectivity index (χ0n) is 12.0. The fourth-order valence-electron chi connectivity index (χ4n) is 2.23. The smallest absolute Gasteiger partial charge is 0.272 e. The molecule has 1 fully saturated rings. The summed E-state index contributed by atoms with van der Waals surface area (Å²) in [7, 11) is -3.13. The van der Waals surface area contributed by atoms with E-state index in [4.69, 9.17) is 4.74 Å². The highest BCUT2D eigenvalue weighted by Crippen LogP contribution is 2.25. The summed E-state index contributed by atoms with van der Waals surface area (Å²) < 4.78 is 52.1. The second-order valence-electron chi connectivity index (χ2n) is 5.27. The lowest BCUT2D eigenvalue weighted by Gasteiger charge is -2.13. The number of carbonyl (C=O) groups is 1. The number of benzene rings is 1. The fourth-order valence-corrected chi connectivity index (χ4v) is 3.97. The van der Waals surface area contributed by atoms with Crippen molar-refractivity contribution in [2.75, 3.05) is 23.4 Å². The van der Waals surface area contributed by atoms with Crippen LogP contribution in [0, 0.1) is 12.8 Å². The van der Waals surface area contributed by atoms with Gasteiger partial charge in [0.25, 0.3) is 6.43 Å². The highest BCUT2D eigenvalue weighted by molar-refractivity contribution is 7.91. The molecule has 1 heterocycles. The predicted octanol–water partition coefficient (Wildman–Crippen LogP) is 2.01. The molecule has 0 spiro atoms. The molecule has 5 nitrogen and oxygen atoms in total. The molecule has 0 aromatic heterocycles. The monoisotopic (exact) mass is 333 g/mol. The Kier molecular flexibility index (Phi) is 5.00. The molecule has 1 aliphatic heterocycles. The SMILES string of the molecule is Cc1ccc(NC(=O)[C@H]2CCS(=O)(=O)C2)cc1OCC(F)F. The van der Waals surface area contributed by atoms with Crippen LogP contribution in [-0.4, -0.2) is 38.9 Å². The number of ether oxygens (including phenoxy) is 1. The molecular weight excluding hydrogens is 316 g/mol. The lowest BCUT2D eigenvalue weighted by molar-refractivity contribution is -0.119. The van der Waals surface area contributed by atoms with Crippen molar-refractivity contribution in [1.29, 1.82) is 0 Å². The predicted molar refractivity (Wildman–Crippen MR) is 78.1 cm³/mol. The van der Waals surface area contributed by atoms with Gasteiger partial charge in [0, 0.05) is 11.8 Å². The van der Waals surface area contributed by atoms with Gasteiger partial charge in [0.1, 0.15) is 12.4 Å². The van der Waals surface area contributed by atoms with Crippen molar-refractivity contribution >= 4 is 21.4 Å². The van der Waals surface area contributed by atoms with Gasteiger partial charge in [-0.15, -0.1) is 0 Å². The Balaban J connectivity index is 2.03. The molecule has 1 aromatic carbocycles. The van der Waals surface area contributed by atoms with Gasteiger partial charge in [-0.25, -0.2) is 17.2 Å². The third kappa shape index (κ3) is 4.40. The number of rotatable bonds is 5. The second kappa shape index (κ2) is 6.60. The molecule has 1 N–H and O–H groups in total. The van der Waals surface area contributed by atoms with Gasteiger partial charge in [-0.2, -0.15) is 0 Å². The first-order valence-electron chi connectivity index (χ1n) is 6.80. The Morgan fingerprint density at radius 3 is 2.77 bits per heavy atom. The van der Waals surface area contributed by atoms with Gasteiger partial charge < -0.3 is 10.1 Å². The zero-order valence-corrected chi connectivity index (χ0v) is 12.8. The van der Waals surface area contributed by atoms with Crippen molar-refractivity contribution in [3.05, 3.63) is 23.8 Å². The van der Waals surface area contributed by atoms with Crippen molar-refractivity contribution in [1.82, 2.24) is 0 Å². The number of halogens is 2. The molecule has 0 aliphatic carbocycles. The van der Waals surface area contributed by atoms with Crippen molar-refractivity contribution in [3.63, 3.8) is 0 Å². The van der Waals surface area contributed by atoms with E-state index < -0.39 is 28.8 Å². The Labute approximate surface area is 127 Å². The van der Waals surface area contributed by atoms with Crippen LogP contribution in [0.4, 0.5) is 14.5 Å². The highest BCUT2D eigenvalue weighted by atomic mass is 32.2. The van der Waals surface area contributed by atoms with E-state index in [0.29, 0.717) is 17.7 Å². The summed E-state index contributed by atoms with van der Waals surface area (Å²) in [5.41, 5.74) is 1.06. The molecule has 8 heteroatoms. The lowest BCUT2D eigenvalue weighted by Crippen LogP contribution is -2.23. The van der Waals surface area contributed by atoms with Crippen molar-refractivity contribution < 1.29 is 26.7 Å². The fraction of sp³-hybridized carbons (Fsp3) is 0.500. The summed E-state index contributed by atoms with van der Waals surface area (Å²) in [4.78, 5) is 12.0. The quantitative estimate of drug-likeness (QED) is 0.895. The van der Waals surface area contributed by atoms with E-state index in [0.717, 1.165) is 0 Å². The van der Waals surface area contributed by atoms with E-state index in [9.17, 15) is 22.0 Å². The van der Waals surface area contributed by atoms with Crippen LogP contribution in [0.5, 0.6) is 5.75 Å². The summed E-state index contributed by atoms with van der Waals surface area (Å²) in [6.07, 6.45) is -2.28. The minimum atomic E-state index is -3.13. The molecule has 1 amide bonds. The minimum absolute atomic E-state index is 0.0156. The van der Waals surface area contributed by atoms with E-state index >= 15 is 0 Å². The van der Waals surface area contributed by atoms with Crippen LogP contribution in [0.3, 0.4) is 0 Å². The van der Waals surface area contributed by atoms with Gasteiger partial charge in [0.2, 0.25) is 5.91 Å². The van der Waals surface area contributed by atoms with E-state index in [-0.39, 0.29) is 23.2 Å². The van der Waals surface area contributed by atoms with Gasteiger partial charge in [0.05, 0.1) is 17.4 Å². The summed E-state index contributed by atoms with van der Waals surface area (Å²) in [6, 6.07) is 4.72. The molecule has 2 rings (SSSR count). The van der Waals surface area contributed by atoms with Crippen LogP contribution in [0.2, 0.25) is 0 Å². The van der Waals surface area contributed by atoms with Gasteiger partial charge in [-0.05, 0) is 25.0 Å². The van der Waals surface area contributed by atoms with Gasteiger partial charge in [-0.3, -0.25) is 4.79 Å². The third-order valence-corrected chi connectivity index (χ3v) is 5.19. The average Bonchev–Trinajstić information content (AvgIpc) is 2.79. The number of sulfone groups is 1. The number of amides is 1. The largest absolute Gasteiger partial charge is 0.487 e. The topological polar surface area (TPSA) is 72.5 Å². The molecule has 1 saturated heterocycles. The maximum Gasteiger partial charge on any atom is 0.272 e. The molecule has 0 radical (unpaired) electrons. The number of hydrogen-bond donors (Lipinski definition) is 1. The number of aryl methyl sites for hydroxylation is 1. The Bertz CT molecular complexity index is 661. The maximum atomic E-state index is 12.2. The molecule has 122 valence electrons. The molecule has 22 heavy (non-hydrogen) atoms. The first-order valence-corrected chi connectivity index (χ1v) is 8.62. The van der Waals surface area contributed by atoms with E-state index in [1.54, 1.807) is 19.1 Å². The van der Waals surface area contributed by atoms with E-state index in [1.165, 1.54) is 6.07 Å². The highest BCUT2D eigenvalue weighted by Gasteiger charge is 2.32. The summed E-state index contributed by atoms with van der Waals surface area (Å²) in [5.74, 6) is -0.833.